The Labute approximate surface area is 185 Å². The molecule has 2 N–H and O–H groups in total. The number of rotatable bonds is 9. The van der Waals surface area contributed by atoms with Crippen molar-refractivity contribution in [3.63, 3.8) is 0 Å². The van der Waals surface area contributed by atoms with Crippen LogP contribution in [0.25, 0.3) is 0 Å². The van der Waals surface area contributed by atoms with Gasteiger partial charge in [-0.05, 0) is 38.0 Å². The molecule has 1 aromatic heterocycles. The maximum absolute atomic E-state index is 13.2. The summed E-state index contributed by atoms with van der Waals surface area (Å²) in [6.07, 6.45) is 2.67. The van der Waals surface area contributed by atoms with E-state index in [4.69, 9.17) is 16.3 Å². The molecule has 0 bridgehead atoms. The van der Waals surface area contributed by atoms with E-state index in [9.17, 15) is 13.2 Å². The van der Waals surface area contributed by atoms with Crippen LogP contribution >= 0.6 is 23.4 Å². The van der Waals surface area contributed by atoms with Crippen LogP contribution in [-0.2, 0) is 14.8 Å². The fourth-order valence-electron chi connectivity index (χ4n) is 3.20. The molecule has 1 atom stereocenters. The summed E-state index contributed by atoms with van der Waals surface area (Å²) in [5.74, 6) is 0.344. The summed E-state index contributed by atoms with van der Waals surface area (Å²) >= 11 is 7.48. The Bertz CT molecular complexity index is 955. The third kappa shape index (κ3) is 5.65. The minimum atomic E-state index is -3.84. The molecular weight excluding hydrogens is 450 g/mol. The quantitative estimate of drug-likeness (QED) is 0.423. The second kappa shape index (κ2) is 10.5. The standard InChI is InChI=1S/C18H24ClN5O4S2/c1-2-28-15-6-5-14(19)10-16(15)30(26,27)24-8-3-4-13(11-24)17(25)20-7-9-29-18-21-12-22-23-18/h5-6,10,12-13H,2-4,7-9,11H2,1H3,(H,20,25)(H,21,22,23). The van der Waals surface area contributed by atoms with Crippen LogP contribution in [0.3, 0.4) is 0 Å². The van der Waals surface area contributed by atoms with Gasteiger partial charge in [0.25, 0.3) is 0 Å². The van der Waals surface area contributed by atoms with Crippen LogP contribution in [0, 0.1) is 5.92 Å². The number of thioether (sulfide) groups is 1. The van der Waals surface area contributed by atoms with Gasteiger partial charge in [0.05, 0.1) is 12.5 Å². The van der Waals surface area contributed by atoms with E-state index in [0.29, 0.717) is 48.5 Å². The Morgan fingerprint density at radius 1 is 1.47 bits per heavy atom. The molecule has 30 heavy (non-hydrogen) atoms. The molecule has 0 aliphatic carbocycles. The van der Waals surface area contributed by atoms with Gasteiger partial charge in [-0.2, -0.15) is 9.40 Å². The van der Waals surface area contributed by atoms with Gasteiger partial charge in [0.1, 0.15) is 17.0 Å². The van der Waals surface area contributed by atoms with Crippen LogP contribution in [0.1, 0.15) is 19.8 Å². The van der Waals surface area contributed by atoms with E-state index in [2.05, 4.69) is 20.5 Å². The highest BCUT2D eigenvalue weighted by Gasteiger charge is 2.35. The van der Waals surface area contributed by atoms with Crippen molar-refractivity contribution in [3.05, 3.63) is 29.5 Å². The zero-order valence-electron chi connectivity index (χ0n) is 16.5. The summed E-state index contributed by atoms with van der Waals surface area (Å²) in [4.78, 5) is 16.6. The van der Waals surface area contributed by atoms with Crippen molar-refractivity contribution in [1.82, 2.24) is 24.8 Å². The van der Waals surface area contributed by atoms with Crippen molar-refractivity contribution in [1.29, 1.82) is 0 Å². The van der Waals surface area contributed by atoms with Crippen LogP contribution in [0.4, 0.5) is 0 Å². The molecule has 1 aromatic carbocycles. The van der Waals surface area contributed by atoms with Gasteiger partial charge in [0, 0.05) is 30.4 Å². The highest BCUT2D eigenvalue weighted by Crippen LogP contribution is 2.32. The number of piperidine rings is 1. The zero-order chi connectivity index (χ0) is 21.6. The Morgan fingerprint density at radius 3 is 3.03 bits per heavy atom. The summed E-state index contributed by atoms with van der Waals surface area (Å²) in [6.45, 7) is 3.05. The first kappa shape index (κ1) is 22.9. The number of ether oxygens (including phenoxy) is 1. The van der Waals surface area contributed by atoms with E-state index in [1.54, 1.807) is 19.1 Å². The van der Waals surface area contributed by atoms with Crippen molar-refractivity contribution >= 4 is 39.3 Å². The van der Waals surface area contributed by atoms with Crippen LogP contribution < -0.4 is 10.1 Å². The lowest BCUT2D eigenvalue weighted by molar-refractivity contribution is -0.125. The summed E-state index contributed by atoms with van der Waals surface area (Å²) in [5.41, 5.74) is 0. The fraction of sp³-hybridized carbons (Fsp3) is 0.500. The van der Waals surface area contributed by atoms with E-state index in [1.165, 1.54) is 28.5 Å². The Balaban J connectivity index is 1.62. The van der Waals surface area contributed by atoms with Crippen molar-refractivity contribution < 1.29 is 17.9 Å². The van der Waals surface area contributed by atoms with Crippen LogP contribution in [0.2, 0.25) is 5.02 Å². The van der Waals surface area contributed by atoms with Gasteiger partial charge in [-0.15, -0.1) is 0 Å². The summed E-state index contributed by atoms with van der Waals surface area (Å²) in [7, 11) is -3.84. The van der Waals surface area contributed by atoms with Gasteiger partial charge in [-0.3, -0.25) is 9.89 Å². The normalized spacial score (nSPS) is 17.6. The predicted octanol–water partition coefficient (Wildman–Crippen LogP) is 2.17. The second-order valence-corrected chi connectivity index (χ2v) is 10.1. The monoisotopic (exact) mass is 473 g/mol. The highest BCUT2D eigenvalue weighted by atomic mass is 35.5. The fourth-order valence-corrected chi connectivity index (χ4v) is 5.76. The number of benzene rings is 1. The molecule has 2 heterocycles. The average molecular weight is 474 g/mol. The molecule has 1 aliphatic heterocycles. The van der Waals surface area contributed by atoms with Crippen LogP contribution in [0.15, 0.2) is 34.6 Å². The zero-order valence-corrected chi connectivity index (χ0v) is 18.9. The number of sulfonamides is 1. The number of nitrogens with one attached hydrogen (secondary N) is 2. The third-order valence-electron chi connectivity index (χ3n) is 4.61. The first-order valence-corrected chi connectivity index (χ1v) is 12.4. The number of carbonyl (C=O) groups excluding carboxylic acids is 1. The molecule has 0 saturated carbocycles. The number of halogens is 1. The molecule has 0 spiro atoms. The van der Waals surface area contributed by atoms with E-state index >= 15 is 0 Å². The summed E-state index contributed by atoms with van der Waals surface area (Å²) < 4.78 is 33.3. The van der Waals surface area contributed by atoms with Gasteiger partial charge >= 0.3 is 0 Å². The molecule has 1 aliphatic rings. The van der Waals surface area contributed by atoms with Gasteiger partial charge in [-0.1, -0.05) is 23.4 Å². The third-order valence-corrected chi connectivity index (χ3v) is 7.61. The number of amides is 1. The largest absolute Gasteiger partial charge is 0.492 e. The maximum atomic E-state index is 13.2. The second-order valence-electron chi connectivity index (χ2n) is 6.66. The highest BCUT2D eigenvalue weighted by molar-refractivity contribution is 7.99. The lowest BCUT2D eigenvalue weighted by Crippen LogP contribution is -2.45. The minimum Gasteiger partial charge on any atom is -0.492 e. The van der Waals surface area contributed by atoms with Gasteiger partial charge in [0.15, 0.2) is 5.16 Å². The summed E-state index contributed by atoms with van der Waals surface area (Å²) in [6, 6.07) is 4.54. The molecule has 0 radical (unpaired) electrons. The van der Waals surface area contributed by atoms with Crippen LogP contribution in [0.5, 0.6) is 5.75 Å². The number of hydrogen-bond acceptors (Lipinski definition) is 7. The Morgan fingerprint density at radius 2 is 2.30 bits per heavy atom. The number of carbonyl (C=O) groups is 1. The first-order valence-electron chi connectivity index (χ1n) is 9.60. The molecule has 1 saturated heterocycles. The molecule has 1 fully saturated rings. The molecule has 3 rings (SSSR count). The lowest BCUT2D eigenvalue weighted by Gasteiger charge is -2.31. The van der Waals surface area contributed by atoms with E-state index < -0.39 is 15.9 Å². The first-order chi connectivity index (χ1) is 14.4. The maximum Gasteiger partial charge on any atom is 0.246 e. The van der Waals surface area contributed by atoms with Gasteiger partial charge in [0.2, 0.25) is 15.9 Å². The smallest absolute Gasteiger partial charge is 0.246 e. The van der Waals surface area contributed by atoms with Crippen molar-refractivity contribution in [2.24, 2.45) is 5.92 Å². The van der Waals surface area contributed by atoms with Gasteiger partial charge < -0.3 is 10.1 Å². The van der Waals surface area contributed by atoms with Crippen molar-refractivity contribution in [2.45, 2.75) is 29.8 Å². The Kier molecular flexibility index (Phi) is 7.98. The minimum absolute atomic E-state index is 0.0290. The molecule has 1 amide bonds. The van der Waals surface area contributed by atoms with E-state index in [-0.39, 0.29) is 23.1 Å². The number of hydrogen-bond donors (Lipinski definition) is 2. The molecule has 164 valence electrons. The van der Waals surface area contributed by atoms with Gasteiger partial charge in [-0.25, -0.2) is 13.4 Å². The SMILES string of the molecule is CCOc1ccc(Cl)cc1S(=O)(=O)N1CCCC(C(=O)NCCSc2ncn[nH]2)C1. The molecule has 2 aromatic rings. The van der Waals surface area contributed by atoms with Crippen molar-refractivity contribution in [3.8, 4) is 5.75 Å². The number of nitrogens with zero attached hydrogens (tertiary/aromatic N) is 3. The number of aromatic nitrogens is 3. The molecule has 9 nitrogen and oxygen atoms in total. The van der Waals surface area contributed by atoms with Crippen molar-refractivity contribution in [2.75, 3.05) is 32.0 Å². The predicted molar refractivity (Wildman–Crippen MR) is 114 cm³/mol. The number of H-pyrrole nitrogens is 1. The number of aromatic amines is 1. The average Bonchev–Trinajstić information content (AvgIpc) is 3.26. The molecule has 1 unspecified atom stereocenters. The lowest BCUT2D eigenvalue weighted by atomic mass is 9.99. The van der Waals surface area contributed by atoms with Crippen LogP contribution in [-0.4, -0.2) is 65.8 Å². The summed E-state index contributed by atoms with van der Waals surface area (Å²) in [5, 5.41) is 10.4. The molecular formula is C18H24ClN5O4S2. The Hall–Kier alpha value is -1.82. The van der Waals surface area contributed by atoms with E-state index in [1.807, 2.05) is 0 Å². The molecule has 12 heteroatoms. The topological polar surface area (TPSA) is 117 Å². The van der Waals surface area contributed by atoms with E-state index in [0.717, 1.165) is 0 Å².